The maximum atomic E-state index is 6.27. The number of hydrogen-bond donors (Lipinski definition) is 1. The molecule has 1 aliphatic carbocycles. The van der Waals surface area contributed by atoms with Crippen molar-refractivity contribution in [2.24, 2.45) is 14.1 Å². The predicted octanol–water partition coefficient (Wildman–Crippen LogP) is 3.99. The van der Waals surface area contributed by atoms with Crippen molar-refractivity contribution in [1.82, 2.24) is 48.9 Å². The Balaban J connectivity index is 1.13. The van der Waals surface area contributed by atoms with E-state index in [1.807, 2.05) is 19.3 Å². The molecule has 4 bridgehead atoms. The smallest absolute Gasteiger partial charge is 0.222 e. The number of piperazine rings is 1. The van der Waals surface area contributed by atoms with E-state index in [-0.39, 0.29) is 6.04 Å². The molecule has 12 nitrogen and oxygen atoms in total. The van der Waals surface area contributed by atoms with Crippen molar-refractivity contribution in [2.45, 2.75) is 44.8 Å². The Morgan fingerprint density at radius 3 is 2.67 bits per heavy atom. The van der Waals surface area contributed by atoms with Gasteiger partial charge >= 0.3 is 0 Å². The summed E-state index contributed by atoms with van der Waals surface area (Å²) in [5.74, 6) is 2.55. The average Bonchev–Trinajstić information content (AvgIpc) is 3.59. The standard InChI is InChI=1S/C31H37N11O/c1-20-9-15-43-31-24(18-34-39(31)3)30-32-10-8-27(36-30)35-28-16-26-23(17-33-28)29(37-42(20)26)25-7-6-22(38(25)2)19-40-11-13-41(14-12-40)21-4-5-21/h6-8,10,16-18,20-21H,4-5,9,11-15,19H2,1-3H3,(H,32,33,35,36)/t20-/m0/s1. The van der Waals surface area contributed by atoms with Crippen LogP contribution < -0.4 is 10.1 Å². The van der Waals surface area contributed by atoms with Crippen LogP contribution in [0.4, 0.5) is 11.6 Å². The van der Waals surface area contributed by atoms with Gasteiger partial charge in [-0.1, -0.05) is 0 Å². The highest BCUT2D eigenvalue weighted by Crippen LogP contribution is 2.34. The number of fused-ring (bicyclic) bond motifs is 5. The Hall–Kier alpha value is -4.29. The monoisotopic (exact) mass is 579 g/mol. The Morgan fingerprint density at radius 1 is 0.977 bits per heavy atom. The maximum absolute atomic E-state index is 6.27. The fraction of sp³-hybridized carbons (Fsp3) is 0.452. The van der Waals surface area contributed by atoms with Crippen LogP contribution in [0.1, 0.15) is 37.9 Å². The lowest BCUT2D eigenvalue weighted by atomic mass is 10.2. The van der Waals surface area contributed by atoms with Crippen LogP contribution in [0.3, 0.4) is 0 Å². The zero-order chi connectivity index (χ0) is 29.1. The molecule has 1 saturated carbocycles. The van der Waals surface area contributed by atoms with Crippen molar-refractivity contribution in [3.63, 3.8) is 0 Å². The predicted molar refractivity (Wildman–Crippen MR) is 164 cm³/mol. The molecule has 0 spiro atoms. The molecule has 2 fully saturated rings. The first-order valence-corrected chi connectivity index (χ1v) is 15.3. The van der Waals surface area contributed by atoms with E-state index in [1.165, 1.54) is 31.6 Å². The van der Waals surface area contributed by atoms with Crippen LogP contribution in [0.25, 0.3) is 33.7 Å². The zero-order valence-corrected chi connectivity index (χ0v) is 24.9. The topological polar surface area (TPSA) is 107 Å². The molecule has 1 atom stereocenters. The highest BCUT2D eigenvalue weighted by atomic mass is 16.5. The molecule has 5 aromatic rings. The number of rotatable bonds is 4. The second-order valence-corrected chi connectivity index (χ2v) is 12.1. The Bertz CT molecular complexity index is 1790. The first kappa shape index (κ1) is 26.3. The molecule has 0 amide bonds. The van der Waals surface area contributed by atoms with E-state index in [9.17, 15) is 0 Å². The number of nitrogens with zero attached hydrogens (tertiary/aromatic N) is 10. The van der Waals surface area contributed by atoms with Gasteiger partial charge in [0.15, 0.2) is 5.82 Å². The zero-order valence-electron chi connectivity index (χ0n) is 24.9. The van der Waals surface area contributed by atoms with Gasteiger partial charge in [-0.3, -0.25) is 14.5 Å². The number of hydrogen-bond acceptors (Lipinski definition) is 9. The minimum absolute atomic E-state index is 0.0858. The summed E-state index contributed by atoms with van der Waals surface area (Å²) in [6, 6.07) is 9.29. The minimum Gasteiger partial charge on any atom is -0.477 e. The molecule has 8 rings (SSSR count). The van der Waals surface area contributed by atoms with Crippen LogP contribution in [0.5, 0.6) is 5.88 Å². The quantitative estimate of drug-likeness (QED) is 0.338. The van der Waals surface area contributed by atoms with Gasteiger partial charge in [0.25, 0.3) is 0 Å². The molecule has 12 heteroatoms. The third-order valence-corrected chi connectivity index (χ3v) is 9.14. The fourth-order valence-electron chi connectivity index (χ4n) is 6.42. The number of anilines is 2. The molecular formula is C31H37N11O. The molecule has 0 unspecified atom stereocenters. The lowest BCUT2D eigenvalue weighted by Crippen LogP contribution is -2.46. The van der Waals surface area contributed by atoms with Gasteiger partial charge in [-0.15, -0.1) is 0 Å². The summed E-state index contributed by atoms with van der Waals surface area (Å²) in [5.41, 5.74) is 5.11. The molecule has 43 heavy (non-hydrogen) atoms. The summed E-state index contributed by atoms with van der Waals surface area (Å²) >= 11 is 0. The molecule has 1 N–H and O–H groups in total. The van der Waals surface area contributed by atoms with Crippen molar-refractivity contribution in [3.8, 4) is 28.7 Å². The number of aromatic nitrogens is 8. The van der Waals surface area contributed by atoms with Gasteiger partial charge in [0, 0.05) is 88.8 Å². The van der Waals surface area contributed by atoms with Gasteiger partial charge in [-0.2, -0.15) is 10.2 Å². The first-order valence-electron chi connectivity index (χ1n) is 15.3. The molecule has 1 saturated heterocycles. The van der Waals surface area contributed by atoms with Crippen molar-refractivity contribution < 1.29 is 4.74 Å². The highest BCUT2D eigenvalue weighted by Gasteiger charge is 2.31. The molecular weight excluding hydrogens is 542 g/mol. The molecule has 2 aliphatic heterocycles. The minimum atomic E-state index is 0.0858. The lowest BCUT2D eigenvalue weighted by Gasteiger charge is -2.34. The Kier molecular flexibility index (Phi) is 6.41. The molecule has 5 aromatic heterocycles. The SMILES string of the molecule is C[C@H]1CCOc2c(cnn2C)-c2nccc(n2)Nc2cc3c(cn2)c(-c2ccc(CN4CCN(C5CC5)CC4)n2C)nn31. The number of ether oxygens (including phenoxy) is 1. The second-order valence-electron chi connectivity index (χ2n) is 12.1. The average molecular weight is 580 g/mol. The van der Waals surface area contributed by atoms with Crippen LogP contribution in [-0.4, -0.2) is 87.7 Å². The van der Waals surface area contributed by atoms with Crippen LogP contribution in [0.2, 0.25) is 0 Å². The van der Waals surface area contributed by atoms with Gasteiger partial charge in [0.2, 0.25) is 5.88 Å². The van der Waals surface area contributed by atoms with Crippen molar-refractivity contribution in [2.75, 3.05) is 38.1 Å². The summed E-state index contributed by atoms with van der Waals surface area (Å²) in [6.45, 7) is 8.25. The number of aryl methyl sites for hydroxylation is 1. The summed E-state index contributed by atoms with van der Waals surface area (Å²) < 4.78 is 12.4. The van der Waals surface area contributed by atoms with Crippen molar-refractivity contribution >= 4 is 22.5 Å². The third kappa shape index (κ3) is 4.84. The maximum Gasteiger partial charge on any atom is 0.222 e. The highest BCUT2D eigenvalue weighted by molar-refractivity contribution is 5.93. The third-order valence-electron chi connectivity index (χ3n) is 9.14. The van der Waals surface area contributed by atoms with Crippen LogP contribution in [0, 0.1) is 0 Å². The lowest BCUT2D eigenvalue weighted by molar-refractivity contribution is 0.120. The number of pyridine rings is 1. The van der Waals surface area contributed by atoms with E-state index < -0.39 is 0 Å². The van der Waals surface area contributed by atoms with Crippen LogP contribution >= 0.6 is 0 Å². The molecule has 0 radical (unpaired) electrons. The van der Waals surface area contributed by atoms with E-state index in [2.05, 4.69) is 66.6 Å². The van der Waals surface area contributed by atoms with E-state index in [1.54, 1.807) is 17.1 Å². The number of nitrogens with one attached hydrogen (secondary N) is 1. The van der Waals surface area contributed by atoms with Gasteiger partial charge in [0.05, 0.1) is 30.1 Å². The van der Waals surface area contributed by atoms with Crippen molar-refractivity contribution in [1.29, 1.82) is 0 Å². The Morgan fingerprint density at radius 2 is 1.84 bits per heavy atom. The summed E-state index contributed by atoms with van der Waals surface area (Å²) in [7, 11) is 4.03. The fourth-order valence-corrected chi connectivity index (χ4v) is 6.42. The first-order chi connectivity index (χ1) is 21.0. The molecule has 222 valence electrons. The molecule has 7 heterocycles. The van der Waals surface area contributed by atoms with E-state index in [0.29, 0.717) is 29.9 Å². The van der Waals surface area contributed by atoms with Crippen LogP contribution in [-0.2, 0) is 20.6 Å². The van der Waals surface area contributed by atoms with E-state index in [4.69, 9.17) is 19.8 Å². The van der Waals surface area contributed by atoms with Gasteiger partial charge in [-0.25, -0.2) is 19.6 Å². The van der Waals surface area contributed by atoms with Gasteiger partial charge in [-0.05, 0) is 38.0 Å². The normalized spacial score (nSPS) is 19.7. The van der Waals surface area contributed by atoms with Gasteiger partial charge in [0.1, 0.15) is 22.9 Å². The molecule has 0 aromatic carbocycles. The summed E-state index contributed by atoms with van der Waals surface area (Å²) in [4.78, 5) is 19.2. The van der Waals surface area contributed by atoms with Crippen LogP contribution in [0.15, 0.2) is 42.9 Å². The second kappa shape index (κ2) is 10.5. The van der Waals surface area contributed by atoms with E-state index >= 15 is 0 Å². The summed E-state index contributed by atoms with van der Waals surface area (Å²) in [5, 5.41) is 14.0. The molecule has 3 aliphatic rings. The van der Waals surface area contributed by atoms with Crippen molar-refractivity contribution in [3.05, 3.63) is 48.5 Å². The Labute approximate surface area is 250 Å². The van der Waals surface area contributed by atoms with Gasteiger partial charge < -0.3 is 14.6 Å². The summed E-state index contributed by atoms with van der Waals surface area (Å²) in [6.07, 6.45) is 8.93. The van der Waals surface area contributed by atoms with E-state index in [0.717, 1.165) is 60.0 Å². The largest absolute Gasteiger partial charge is 0.477 e.